The molecule has 1 saturated heterocycles. The van der Waals surface area contributed by atoms with Crippen molar-refractivity contribution >= 4 is 5.91 Å². The van der Waals surface area contributed by atoms with Gasteiger partial charge in [0.25, 0.3) is 0 Å². The van der Waals surface area contributed by atoms with Crippen LogP contribution in [0.3, 0.4) is 0 Å². The molecule has 2 fully saturated rings. The molecule has 21 heavy (non-hydrogen) atoms. The van der Waals surface area contributed by atoms with E-state index in [4.69, 9.17) is 0 Å². The lowest BCUT2D eigenvalue weighted by molar-refractivity contribution is -0.124. The predicted octanol–water partition coefficient (Wildman–Crippen LogP) is 1.40. The van der Waals surface area contributed by atoms with E-state index in [2.05, 4.69) is 28.5 Å². The highest BCUT2D eigenvalue weighted by Gasteiger charge is 2.34. The van der Waals surface area contributed by atoms with Crippen LogP contribution in [0.5, 0.6) is 0 Å². The maximum atomic E-state index is 12.4. The van der Waals surface area contributed by atoms with Crippen molar-refractivity contribution < 1.29 is 4.79 Å². The van der Waals surface area contributed by atoms with E-state index >= 15 is 0 Å². The van der Waals surface area contributed by atoms with Crippen LogP contribution in [0.1, 0.15) is 51.9 Å². The van der Waals surface area contributed by atoms with E-state index in [0.717, 1.165) is 58.2 Å². The Kier molecular flexibility index (Phi) is 6.01. The Labute approximate surface area is 128 Å². The first-order valence-corrected chi connectivity index (χ1v) is 8.36. The maximum Gasteiger partial charge on any atom is 0.235 e. The predicted molar refractivity (Wildman–Crippen MR) is 82.7 cm³/mol. The monoisotopic (exact) mass is 292 g/mol. The van der Waals surface area contributed by atoms with Gasteiger partial charge in [-0.2, -0.15) is 5.26 Å². The molecule has 2 N–H and O–H groups in total. The Morgan fingerprint density at radius 2 is 2.19 bits per heavy atom. The third-order valence-corrected chi connectivity index (χ3v) is 4.71. The highest BCUT2D eigenvalue weighted by atomic mass is 16.2. The fourth-order valence-electron chi connectivity index (χ4n) is 3.54. The fraction of sp³-hybridized carbons (Fsp3) is 0.875. The van der Waals surface area contributed by atoms with Crippen LogP contribution in [0.25, 0.3) is 0 Å². The topological polar surface area (TPSA) is 68.2 Å². The van der Waals surface area contributed by atoms with Crippen molar-refractivity contribution in [3.8, 4) is 6.07 Å². The smallest absolute Gasteiger partial charge is 0.235 e. The Bertz CT molecular complexity index is 378. The molecule has 5 nitrogen and oxygen atoms in total. The third kappa shape index (κ3) is 4.42. The van der Waals surface area contributed by atoms with Gasteiger partial charge in [0.2, 0.25) is 5.91 Å². The molecular weight excluding hydrogens is 264 g/mol. The molecule has 1 atom stereocenters. The zero-order chi connectivity index (χ0) is 15.1. The molecule has 1 unspecified atom stereocenters. The Balaban J connectivity index is 1.90. The molecule has 2 rings (SSSR count). The van der Waals surface area contributed by atoms with E-state index in [1.165, 1.54) is 6.42 Å². The fourth-order valence-corrected chi connectivity index (χ4v) is 3.54. The first-order chi connectivity index (χ1) is 10.2. The third-order valence-electron chi connectivity index (χ3n) is 4.71. The summed E-state index contributed by atoms with van der Waals surface area (Å²) in [4.78, 5) is 14.7. The number of nitrogens with zero attached hydrogens (tertiary/aromatic N) is 2. The molecule has 5 heteroatoms. The standard InChI is InChI=1S/C16H28N4O/c1-2-10-20(14-6-9-18-11-14)12-15(21)19-16(13-17)7-4-3-5-8-16/h14,18H,2-12H2,1H3,(H,19,21). The van der Waals surface area contributed by atoms with Crippen molar-refractivity contribution in [2.75, 3.05) is 26.2 Å². The number of amides is 1. The summed E-state index contributed by atoms with van der Waals surface area (Å²) in [7, 11) is 0. The molecule has 1 heterocycles. The van der Waals surface area contributed by atoms with Crippen LogP contribution in [0.15, 0.2) is 0 Å². The highest BCUT2D eigenvalue weighted by molar-refractivity contribution is 5.79. The lowest BCUT2D eigenvalue weighted by Crippen LogP contribution is -2.53. The Hall–Kier alpha value is -1.12. The highest BCUT2D eigenvalue weighted by Crippen LogP contribution is 2.27. The minimum Gasteiger partial charge on any atom is -0.337 e. The number of carbonyl (C=O) groups excluding carboxylic acids is 1. The summed E-state index contributed by atoms with van der Waals surface area (Å²) in [5.41, 5.74) is -0.610. The van der Waals surface area contributed by atoms with Crippen LogP contribution < -0.4 is 10.6 Å². The molecule has 0 spiro atoms. The molecule has 0 aromatic rings. The largest absolute Gasteiger partial charge is 0.337 e. The molecule has 1 saturated carbocycles. The van der Waals surface area contributed by atoms with Crippen molar-refractivity contribution in [2.24, 2.45) is 0 Å². The average Bonchev–Trinajstić information content (AvgIpc) is 3.02. The zero-order valence-electron chi connectivity index (χ0n) is 13.2. The molecule has 2 aliphatic rings. The molecular formula is C16H28N4O. The normalized spacial score (nSPS) is 24.7. The van der Waals surface area contributed by atoms with Crippen molar-refractivity contribution in [3.63, 3.8) is 0 Å². The molecule has 1 aliphatic carbocycles. The maximum absolute atomic E-state index is 12.4. The summed E-state index contributed by atoms with van der Waals surface area (Å²) >= 11 is 0. The second-order valence-electron chi connectivity index (χ2n) is 6.42. The summed E-state index contributed by atoms with van der Waals surface area (Å²) in [6, 6.07) is 2.82. The van der Waals surface area contributed by atoms with Crippen LogP contribution in [-0.2, 0) is 4.79 Å². The van der Waals surface area contributed by atoms with Crippen molar-refractivity contribution in [3.05, 3.63) is 0 Å². The first kappa shape index (κ1) is 16.3. The van der Waals surface area contributed by atoms with Gasteiger partial charge in [0.1, 0.15) is 5.54 Å². The Morgan fingerprint density at radius 1 is 1.43 bits per heavy atom. The number of nitrogens with one attached hydrogen (secondary N) is 2. The van der Waals surface area contributed by atoms with Crippen LogP contribution in [0.4, 0.5) is 0 Å². The molecule has 1 amide bonds. The van der Waals surface area contributed by atoms with Crippen LogP contribution in [0.2, 0.25) is 0 Å². The number of rotatable bonds is 6. The molecule has 0 radical (unpaired) electrons. The van der Waals surface area contributed by atoms with Crippen LogP contribution >= 0.6 is 0 Å². The summed E-state index contributed by atoms with van der Waals surface area (Å²) in [6.07, 6.45) is 7.01. The van der Waals surface area contributed by atoms with E-state index in [-0.39, 0.29) is 5.91 Å². The molecule has 0 bridgehead atoms. The number of hydrogen-bond acceptors (Lipinski definition) is 4. The molecule has 0 aromatic heterocycles. The summed E-state index contributed by atoms with van der Waals surface area (Å²) in [5, 5.41) is 15.8. The molecule has 0 aromatic carbocycles. The van der Waals surface area contributed by atoms with Gasteiger partial charge in [-0.1, -0.05) is 26.2 Å². The lowest BCUT2D eigenvalue weighted by Gasteiger charge is -2.33. The second kappa shape index (κ2) is 7.77. The van der Waals surface area contributed by atoms with Gasteiger partial charge in [-0.15, -0.1) is 0 Å². The van der Waals surface area contributed by atoms with Gasteiger partial charge in [0.15, 0.2) is 0 Å². The van der Waals surface area contributed by atoms with Crippen molar-refractivity contribution in [2.45, 2.75) is 63.5 Å². The van der Waals surface area contributed by atoms with Crippen LogP contribution in [0, 0.1) is 11.3 Å². The van der Waals surface area contributed by atoms with Gasteiger partial charge in [0.05, 0.1) is 12.6 Å². The van der Waals surface area contributed by atoms with Crippen LogP contribution in [-0.4, -0.2) is 48.6 Å². The Morgan fingerprint density at radius 3 is 2.76 bits per heavy atom. The average molecular weight is 292 g/mol. The number of hydrogen-bond donors (Lipinski definition) is 2. The van der Waals surface area contributed by atoms with Crippen molar-refractivity contribution in [1.82, 2.24) is 15.5 Å². The van der Waals surface area contributed by atoms with Gasteiger partial charge in [-0.3, -0.25) is 9.69 Å². The van der Waals surface area contributed by atoms with Gasteiger partial charge in [-0.05, 0) is 38.8 Å². The quantitative estimate of drug-likeness (QED) is 0.776. The van der Waals surface area contributed by atoms with E-state index < -0.39 is 5.54 Å². The van der Waals surface area contributed by atoms with Gasteiger partial charge < -0.3 is 10.6 Å². The van der Waals surface area contributed by atoms with E-state index in [9.17, 15) is 10.1 Å². The van der Waals surface area contributed by atoms with Gasteiger partial charge in [-0.25, -0.2) is 0 Å². The van der Waals surface area contributed by atoms with Gasteiger partial charge in [0, 0.05) is 12.6 Å². The lowest BCUT2D eigenvalue weighted by atomic mass is 9.83. The number of nitriles is 1. The first-order valence-electron chi connectivity index (χ1n) is 8.36. The molecule has 118 valence electrons. The summed E-state index contributed by atoms with van der Waals surface area (Å²) in [5.74, 6) is 0.0128. The van der Waals surface area contributed by atoms with E-state index in [1.807, 2.05) is 0 Å². The minimum absolute atomic E-state index is 0.0128. The SMILES string of the molecule is CCCN(CC(=O)NC1(C#N)CCCCC1)C1CCNC1. The van der Waals surface area contributed by atoms with E-state index in [1.54, 1.807) is 0 Å². The minimum atomic E-state index is -0.610. The van der Waals surface area contributed by atoms with Crippen molar-refractivity contribution in [1.29, 1.82) is 5.26 Å². The summed E-state index contributed by atoms with van der Waals surface area (Å²) < 4.78 is 0. The summed E-state index contributed by atoms with van der Waals surface area (Å²) in [6.45, 7) is 5.51. The zero-order valence-corrected chi connectivity index (χ0v) is 13.2. The van der Waals surface area contributed by atoms with E-state index in [0.29, 0.717) is 12.6 Å². The second-order valence-corrected chi connectivity index (χ2v) is 6.42. The molecule has 1 aliphatic heterocycles. The van der Waals surface area contributed by atoms with Gasteiger partial charge >= 0.3 is 0 Å². The number of carbonyl (C=O) groups is 1.